The molecule has 0 bridgehead atoms. The number of rotatable bonds is 5. The van der Waals surface area contributed by atoms with Gasteiger partial charge in [0, 0.05) is 6.07 Å². The molecule has 1 aliphatic heterocycles. The lowest BCUT2D eigenvalue weighted by atomic mass is 10.1. The van der Waals surface area contributed by atoms with Gasteiger partial charge in [-0.25, -0.2) is 4.79 Å². The highest BCUT2D eigenvalue weighted by atomic mass is 35.5. The average Bonchev–Trinajstić information content (AvgIpc) is 3.05. The first-order valence-electron chi connectivity index (χ1n) is 9.33. The number of allylic oxidation sites excluding steroid dienone is 1. The number of ketones is 1. The Bertz CT molecular complexity index is 1150. The van der Waals surface area contributed by atoms with Crippen molar-refractivity contribution in [2.75, 3.05) is 6.61 Å². The fraction of sp³-hybridized carbons (Fsp3) is 0.0833. The van der Waals surface area contributed by atoms with Crippen molar-refractivity contribution in [3.05, 3.63) is 94.2 Å². The molecule has 0 atom stereocenters. The van der Waals surface area contributed by atoms with Crippen molar-refractivity contribution in [1.29, 1.82) is 0 Å². The van der Waals surface area contributed by atoms with Crippen LogP contribution in [0.2, 0.25) is 5.02 Å². The van der Waals surface area contributed by atoms with Crippen molar-refractivity contribution >= 4 is 29.4 Å². The molecule has 1 heterocycles. The van der Waals surface area contributed by atoms with Crippen LogP contribution in [0.5, 0.6) is 17.2 Å². The van der Waals surface area contributed by atoms with E-state index in [1.165, 1.54) is 0 Å². The van der Waals surface area contributed by atoms with E-state index < -0.39 is 5.97 Å². The van der Waals surface area contributed by atoms with Crippen LogP contribution in [0, 0.1) is 0 Å². The molecule has 5 nitrogen and oxygen atoms in total. The molecule has 1 aliphatic rings. The third kappa shape index (κ3) is 4.07. The standard InChI is InChI=1S/C24H17ClO5/c1-2-28-17-11-12-19-21(14-17)30-22(23(19)26)13-15-7-9-16(10-8-15)29-24(27)18-5-3-4-6-20(18)25/h3-14H,2H2,1H3/b22-13-. The lowest BCUT2D eigenvalue weighted by Gasteiger charge is -2.06. The minimum absolute atomic E-state index is 0.192. The molecule has 0 fully saturated rings. The first kappa shape index (κ1) is 19.7. The van der Waals surface area contributed by atoms with Crippen LogP contribution in [0.3, 0.4) is 0 Å². The molecule has 0 unspecified atom stereocenters. The normalized spacial score (nSPS) is 13.7. The molecule has 0 saturated carbocycles. The predicted molar refractivity (Wildman–Crippen MR) is 113 cm³/mol. The highest BCUT2D eigenvalue weighted by Crippen LogP contribution is 2.35. The Morgan fingerprint density at radius 2 is 1.77 bits per heavy atom. The van der Waals surface area contributed by atoms with Crippen molar-refractivity contribution in [3.63, 3.8) is 0 Å². The number of carbonyl (C=O) groups is 2. The first-order valence-corrected chi connectivity index (χ1v) is 9.71. The van der Waals surface area contributed by atoms with Gasteiger partial charge in [-0.05, 0) is 55.0 Å². The SMILES string of the molecule is CCOc1ccc2c(c1)O/C(=C\c1ccc(OC(=O)c3ccccc3Cl)cc1)C2=O. The smallest absolute Gasteiger partial charge is 0.345 e. The molecule has 0 aliphatic carbocycles. The summed E-state index contributed by atoms with van der Waals surface area (Å²) in [4.78, 5) is 24.8. The van der Waals surface area contributed by atoms with E-state index in [4.69, 9.17) is 25.8 Å². The van der Waals surface area contributed by atoms with Crippen LogP contribution in [0.25, 0.3) is 6.08 Å². The highest BCUT2D eigenvalue weighted by Gasteiger charge is 2.27. The van der Waals surface area contributed by atoms with Gasteiger partial charge >= 0.3 is 5.97 Å². The summed E-state index contributed by atoms with van der Waals surface area (Å²) < 4.78 is 16.5. The molecule has 4 rings (SSSR count). The van der Waals surface area contributed by atoms with E-state index in [9.17, 15) is 9.59 Å². The summed E-state index contributed by atoms with van der Waals surface area (Å²) in [6.45, 7) is 2.42. The van der Waals surface area contributed by atoms with E-state index in [1.807, 2.05) is 6.92 Å². The van der Waals surface area contributed by atoms with Crippen molar-refractivity contribution in [1.82, 2.24) is 0 Å². The Kier molecular flexibility index (Phi) is 5.55. The summed E-state index contributed by atoms with van der Waals surface area (Å²) in [5.74, 6) is 0.978. The monoisotopic (exact) mass is 420 g/mol. The second kappa shape index (κ2) is 8.43. The molecular formula is C24H17ClO5. The maximum atomic E-state index is 12.6. The van der Waals surface area contributed by atoms with Crippen LogP contribution in [-0.4, -0.2) is 18.4 Å². The molecule has 0 aromatic heterocycles. The average molecular weight is 421 g/mol. The van der Waals surface area contributed by atoms with E-state index in [0.717, 1.165) is 5.56 Å². The molecule has 0 N–H and O–H groups in total. The zero-order valence-corrected chi connectivity index (χ0v) is 16.8. The molecular weight excluding hydrogens is 404 g/mol. The van der Waals surface area contributed by atoms with E-state index in [-0.39, 0.29) is 11.5 Å². The summed E-state index contributed by atoms with van der Waals surface area (Å²) in [6.07, 6.45) is 1.64. The number of esters is 1. The quantitative estimate of drug-likeness (QED) is 0.306. The fourth-order valence-electron chi connectivity index (χ4n) is 3.00. The fourth-order valence-corrected chi connectivity index (χ4v) is 3.21. The Labute approximate surface area is 178 Å². The van der Waals surface area contributed by atoms with Gasteiger partial charge < -0.3 is 14.2 Å². The Morgan fingerprint density at radius 3 is 2.50 bits per heavy atom. The van der Waals surface area contributed by atoms with E-state index in [1.54, 1.807) is 72.8 Å². The number of halogens is 1. The number of Topliss-reactive ketones (excluding diaryl/α,β-unsaturated/α-hetero) is 1. The molecule has 3 aromatic rings. The second-order valence-electron chi connectivity index (χ2n) is 6.47. The first-order chi connectivity index (χ1) is 14.5. The van der Waals surface area contributed by atoms with Gasteiger partial charge in [-0.1, -0.05) is 35.9 Å². The van der Waals surface area contributed by atoms with Gasteiger partial charge in [0.15, 0.2) is 5.76 Å². The molecule has 150 valence electrons. The second-order valence-corrected chi connectivity index (χ2v) is 6.88. The molecule has 30 heavy (non-hydrogen) atoms. The topological polar surface area (TPSA) is 61.8 Å². The van der Waals surface area contributed by atoms with Gasteiger partial charge in [0.2, 0.25) is 5.78 Å². The summed E-state index contributed by atoms with van der Waals surface area (Å²) in [5.41, 5.74) is 1.52. The number of ether oxygens (including phenoxy) is 3. The maximum Gasteiger partial charge on any atom is 0.345 e. The molecule has 0 radical (unpaired) electrons. The largest absolute Gasteiger partial charge is 0.494 e. The van der Waals surface area contributed by atoms with E-state index >= 15 is 0 Å². The Morgan fingerprint density at radius 1 is 1.03 bits per heavy atom. The van der Waals surface area contributed by atoms with Crippen LogP contribution in [0.15, 0.2) is 72.5 Å². The predicted octanol–water partition coefficient (Wildman–Crippen LogP) is 5.57. The van der Waals surface area contributed by atoms with Crippen LogP contribution >= 0.6 is 11.6 Å². The van der Waals surface area contributed by atoms with Gasteiger partial charge in [-0.2, -0.15) is 0 Å². The number of hydrogen-bond donors (Lipinski definition) is 0. The zero-order valence-electron chi connectivity index (χ0n) is 16.1. The van der Waals surface area contributed by atoms with Gasteiger partial charge in [0.05, 0.1) is 22.8 Å². The lowest BCUT2D eigenvalue weighted by molar-refractivity contribution is 0.0734. The van der Waals surface area contributed by atoms with Crippen LogP contribution in [-0.2, 0) is 0 Å². The van der Waals surface area contributed by atoms with Gasteiger partial charge in [-0.15, -0.1) is 0 Å². The number of benzene rings is 3. The minimum Gasteiger partial charge on any atom is -0.494 e. The molecule has 0 saturated heterocycles. The van der Waals surface area contributed by atoms with Crippen molar-refractivity contribution < 1.29 is 23.8 Å². The van der Waals surface area contributed by atoms with Crippen LogP contribution in [0.1, 0.15) is 33.2 Å². The van der Waals surface area contributed by atoms with Gasteiger partial charge in [0.1, 0.15) is 17.2 Å². The molecule has 0 spiro atoms. The Hall–Kier alpha value is -3.57. The van der Waals surface area contributed by atoms with E-state index in [2.05, 4.69) is 0 Å². The molecule has 0 amide bonds. The summed E-state index contributed by atoms with van der Waals surface area (Å²) in [7, 11) is 0. The molecule has 3 aromatic carbocycles. The maximum absolute atomic E-state index is 12.6. The summed E-state index contributed by atoms with van der Waals surface area (Å²) in [5, 5.41) is 0.327. The van der Waals surface area contributed by atoms with Crippen molar-refractivity contribution in [2.24, 2.45) is 0 Å². The third-order valence-corrected chi connectivity index (χ3v) is 4.76. The van der Waals surface area contributed by atoms with Crippen molar-refractivity contribution in [2.45, 2.75) is 6.92 Å². The number of hydrogen-bond acceptors (Lipinski definition) is 5. The lowest BCUT2D eigenvalue weighted by Crippen LogP contribution is -2.08. The zero-order chi connectivity index (χ0) is 21.1. The van der Waals surface area contributed by atoms with E-state index in [0.29, 0.717) is 40.0 Å². The van der Waals surface area contributed by atoms with Gasteiger partial charge in [0.25, 0.3) is 0 Å². The molecule has 6 heteroatoms. The summed E-state index contributed by atoms with van der Waals surface area (Å²) >= 11 is 6.02. The van der Waals surface area contributed by atoms with Crippen LogP contribution < -0.4 is 14.2 Å². The van der Waals surface area contributed by atoms with Gasteiger partial charge in [-0.3, -0.25) is 4.79 Å². The Balaban J connectivity index is 1.48. The van der Waals surface area contributed by atoms with Crippen molar-refractivity contribution in [3.8, 4) is 17.2 Å². The number of carbonyl (C=O) groups excluding carboxylic acids is 2. The summed E-state index contributed by atoms with van der Waals surface area (Å²) in [6, 6.07) is 18.6. The number of fused-ring (bicyclic) bond motifs is 1. The minimum atomic E-state index is -0.540. The van der Waals surface area contributed by atoms with Crippen LogP contribution in [0.4, 0.5) is 0 Å². The highest BCUT2D eigenvalue weighted by molar-refractivity contribution is 6.33. The third-order valence-electron chi connectivity index (χ3n) is 4.43.